The van der Waals surface area contributed by atoms with Crippen LogP contribution in [0.15, 0.2) is 12.2 Å². The number of rotatable bonds is 6. The fourth-order valence-corrected chi connectivity index (χ4v) is 0.757. The monoisotopic (exact) mass is 200 g/mol. The van der Waals surface area contributed by atoms with E-state index in [4.69, 9.17) is 4.74 Å². The van der Waals surface area contributed by atoms with Crippen molar-refractivity contribution < 1.29 is 19.1 Å². The zero-order chi connectivity index (χ0) is 10.8. The van der Waals surface area contributed by atoms with E-state index in [1.165, 1.54) is 0 Å². The van der Waals surface area contributed by atoms with E-state index < -0.39 is 11.9 Å². The van der Waals surface area contributed by atoms with Crippen LogP contribution in [0, 0.1) is 0 Å². The normalized spacial score (nSPS) is 10.1. The summed E-state index contributed by atoms with van der Waals surface area (Å²) >= 11 is 0. The number of esters is 2. The van der Waals surface area contributed by atoms with Crippen molar-refractivity contribution in [3.8, 4) is 0 Å². The number of hydrogen-bond donors (Lipinski definition) is 0. The Morgan fingerprint density at radius 1 is 1.07 bits per heavy atom. The first-order valence-electron chi connectivity index (χ1n) is 4.66. The number of ether oxygens (including phenoxy) is 2. The van der Waals surface area contributed by atoms with E-state index in [2.05, 4.69) is 4.74 Å². The van der Waals surface area contributed by atoms with Gasteiger partial charge in [0.2, 0.25) is 0 Å². The van der Waals surface area contributed by atoms with E-state index in [0.29, 0.717) is 0 Å². The summed E-state index contributed by atoms with van der Waals surface area (Å²) < 4.78 is 9.32. The molecule has 0 saturated carbocycles. The second-order valence-electron chi connectivity index (χ2n) is 2.54. The molecule has 0 aromatic heterocycles. The van der Waals surface area contributed by atoms with Gasteiger partial charge in [0.1, 0.15) is 13.0 Å². The Bertz CT molecular complexity index is 208. The SMILES string of the molecule is CC/C=C\COC(=O)CC(=O)OCC. The molecular weight excluding hydrogens is 184 g/mol. The van der Waals surface area contributed by atoms with Gasteiger partial charge in [0.25, 0.3) is 0 Å². The molecule has 4 heteroatoms. The molecular formula is C10H16O4. The summed E-state index contributed by atoms with van der Waals surface area (Å²) in [5, 5.41) is 0. The minimum absolute atomic E-state index is 0.214. The summed E-state index contributed by atoms with van der Waals surface area (Å²) in [5.74, 6) is -1.10. The average molecular weight is 200 g/mol. The zero-order valence-electron chi connectivity index (χ0n) is 8.62. The lowest BCUT2D eigenvalue weighted by molar-refractivity contribution is -0.153. The Kier molecular flexibility index (Phi) is 7.50. The van der Waals surface area contributed by atoms with Gasteiger partial charge in [0.15, 0.2) is 0 Å². The maximum Gasteiger partial charge on any atom is 0.317 e. The molecule has 0 radical (unpaired) electrons. The molecule has 0 bridgehead atoms. The van der Waals surface area contributed by atoms with Gasteiger partial charge in [0, 0.05) is 0 Å². The molecule has 0 aliphatic rings. The Balaban J connectivity index is 3.55. The van der Waals surface area contributed by atoms with Crippen LogP contribution in [0.2, 0.25) is 0 Å². The molecule has 0 aliphatic heterocycles. The highest BCUT2D eigenvalue weighted by Crippen LogP contribution is 1.91. The van der Waals surface area contributed by atoms with Gasteiger partial charge >= 0.3 is 11.9 Å². The molecule has 0 aromatic rings. The van der Waals surface area contributed by atoms with Crippen molar-refractivity contribution in [2.24, 2.45) is 0 Å². The number of carbonyl (C=O) groups is 2. The Morgan fingerprint density at radius 2 is 1.71 bits per heavy atom. The molecule has 0 saturated heterocycles. The molecule has 0 amide bonds. The van der Waals surface area contributed by atoms with E-state index in [0.717, 1.165) is 6.42 Å². The van der Waals surface area contributed by atoms with E-state index in [1.54, 1.807) is 13.0 Å². The predicted octanol–water partition coefficient (Wildman–Crippen LogP) is 1.45. The molecule has 0 N–H and O–H groups in total. The summed E-state index contributed by atoms with van der Waals surface area (Å²) in [5.41, 5.74) is 0. The van der Waals surface area contributed by atoms with Gasteiger partial charge < -0.3 is 9.47 Å². The predicted molar refractivity (Wildman–Crippen MR) is 51.6 cm³/mol. The van der Waals surface area contributed by atoms with Gasteiger partial charge in [-0.15, -0.1) is 0 Å². The van der Waals surface area contributed by atoms with E-state index >= 15 is 0 Å². The molecule has 80 valence electrons. The van der Waals surface area contributed by atoms with Crippen molar-refractivity contribution >= 4 is 11.9 Å². The highest BCUT2D eigenvalue weighted by molar-refractivity contribution is 5.91. The van der Waals surface area contributed by atoms with Crippen LogP contribution < -0.4 is 0 Å². The zero-order valence-corrected chi connectivity index (χ0v) is 8.62. The number of carbonyl (C=O) groups excluding carboxylic acids is 2. The molecule has 0 spiro atoms. The molecule has 0 rings (SSSR count). The molecule has 0 fully saturated rings. The number of hydrogen-bond acceptors (Lipinski definition) is 4. The average Bonchev–Trinajstić information content (AvgIpc) is 2.13. The topological polar surface area (TPSA) is 52.6 Å². The first-order chi connectivity index (χ1) is 6.70. The van der Waals surface area contributed by atoms with Crippen molar-refractivity contribution in [3.63, 3.8) is 0 Å². The van der Waals surface area contributed by atoms with Crippen molar-refractivity contribution in [3.05, 3.63) is 12.2 Å². The van der Waals surface area contributed by atoms with Gasteiger partial charge in [-0.25, -0.2) is 0 Å². The minimum Gasteiger partial charge on any atom is -0.466 e. The van der Waals surface area contributed by atoms with Crippen LogP contribution in [0.3, 0.4) is 0 Å². The lowest BCUT2D eigenvalue weighted by Crippen LogP contribution is -2.13. The third-order valence-electron chi connectivity index (χ3n) is 1.34. The van der Waals surface area contributed by atoms with Crippen LogP contribution in [-0.2, 0) is 19.1 Å². The van der Waals surface area contributed by atoms with Crippen molar-refractivity contribution in [2.45, 2.75) is 26.7 Å². The third kappa shape index (κ3) is 7.34. The third-order valence-corrected chi connectivity index (χ3v) is 1.34. The Morgan fingerprint density at radius 3 is 2.29 bits per heavy atom. The smallest absolute Gasteiger partial charge is 0.317 e. The van der Waals surface area contributed by atoms with Crippen LogP contribution in [-0.4, -0.2) is 25.2 Å². The van der Waals surface area contributed by atoms with Gasteiger partial charge in [-0.2, -0.15) is 0 Å². The second kappa shape index (κ2) is 8.29. The minimum atomic E-state index is -0.552. The molecule has 0 unspecified atom stereocenters. The van der Waals surface area contributed by atoms with Crippen LogP contribution >= 0.6 is 0 Å². The fourth-order valence-electron chi connectivity index (χ4n) is 0.757. The molecule has 0 atom stereocenters. The first-order valence-corrected chi connectivity index (χ1v) is 4.66. The molecule has 0 aromatic carbocycles. The molecule has 0 heterocycles. The highest BCUT2D eigenvalue weighted by atomic mass is 16.5. The summed E-state index contributed by atoms with van der Waals surface area (Å²) in [6.45, 7) is 4.16. The summed E-state index contributed by atoms with van der Waals surface area (Å²) in [6.07, 6.45) is 4.21. The Hall–Kier alpha value is -1.32. The largest absolute Gasteiger partial charge is 0.466 e. The number of allylic oxidation sites excluding steroid dienone is 1. The van der Waals surface area contributed by atoms with E-state index in [9.17, 15) is 9.59 Å². The lowest BCUT2D eigenvalue weighted by atomic mass is 10.4. The van der Waals surface area contributed by atoms with Crippen molar-refractivity contribution in [2.75, 3.05) is 13.2 Å². The van der Waals surface area contributed by atoms with Gasteiger partial charge in [0.05, 0.1) is 6.61 Å². The van der Waals surface area contributed by atoms with Crippen molar-refractivity contribution in [1.29, 1.82) is 0 Å². The van der Waals surface area contributed by atoms with Gasteiger partial charge in [-0.1, -0.05) is 19.1 Å². The van der Waals surface area contributed by atoms with Crippen LogP contribution in [0.5, 0.6) is 0 Å². The highest BCUT2D eigenvalue weighted by Gasteiger charge is 2.10. The van der Waals surface area contributed by atoms with Crippen molar-refractivity contribution in [1.82, 2.24) is 0 Å². The maximum absolute atomic E-state index is 10.9. The maximum atomic E-state index is 10.9. The van der Waals surface area contributed by atoms with Gasteiger partial charge in [-0.3, -0.25) is 9.59 Å². The summed E-state index contributed by atoms with van der Waals surface area (Å²) in [6, 6.07) is 0. The van der Waals surface area contributed by atoms with E-state index in [1.807, 2.05) is 13.0 Å². The Labute approximate surface area is 83.9 Å². The van der Waals surface area contributed by atoms with Crippen LogP contribution in [0.1, 0.15) is 26.7 Å². The molecule has 14 heavy (non-hydrogen) atoms. The summed E-state index contributed by atoms with van der Waals surface area (Å²) in [4.78, 5) is 21.7. The quantitative estimate of drug-likeness (QED) is 0.370. The van der Waals surface area contributed by atoms with E-state index in [-0.39, 0.29) is 19.6 Å². The standard InChI is InChI=1S/C10H16O4/c1-3-5-6-7-14-10(12)8-9(11)13-4-2/h5-6H,3-4,7-8H2,1-2H3/b6-5-. The second-order valence-corrected chi connectivity index (χ2v) is 2.54. The molecule has 0 aliphatic carbocycles. The molecule has 4 nitrogen and oxygen atoms in total. The van der Waals surface area contributed by atoms with Crippen LogP contribution in [0.25, 0.3) is 0 Å². The van der Waals surface area contributed by atoms with Gasteiger partial charge in [-0.05, 0) is 13.3 Å². The van der Waals surface area contributed by atoms with Crippen LogP contribution in [0.4, 0.5) is 0 Å². The fraction of sp³-hybridized carbons (Fsp3) is 0.600. The summed E-state index contributed by atoms with van der Waals surface area (Å²) in [7, 11) is 0. The first kappa shape index (κ1) is 12.7. The lowest BCUT2D eigenvalue weighted by Gasteiger charge is -2.01.